The predicted molar refractivity (Wildman–Crippen MR) is 63.0 cm³/mol. The molecule has 0 aliphatic rings. The number of hydrogen-bond donors (Lipinski definition) is 1. The summed E-state index contributed by atoms with van der Waals surface area (Å²) >= 11 is 0. The van der Waals surface area contributed by atoms with Crippen LogP contribution in [0.5, 0.6) is 0 Å². The van der Waals surface area contributed by atoms with Crippen LogP contribution in [0.1, 0.15) is 36.1 Å². The van der Waals surface area contributed by atoms with Gasteiger partial charge in [-0.3, -0.25) is 0 Å². The number of aryl methyl sites for hydroxylation is 2. The smallest absolute Gasteiger partial charge is 0.310 e. The molecular weight excluding hydrogens is 246 g/mol. The number of benzene rings is 1. The maximum absolute atomic E-state index is 13.5. The van der Waals surface area contributed by atoms with Crippen molar-refractivity contribution in [1.82, 2.24) is 5.32 Å². The Kier molecular flexibility index (Phi) is 4.73. The number of hydrogen-bond acceptors (Lipinski definition) is 1. The minimum Gasteiger partial charge on any atom is -0.310 e. The molecule has 102 valence electrons. The fraction of sp³-hybridized carbons (Fsp3) is 0.538. The van der Waals surface area contributed by atoms with Gasteiger partial charge in [-0.25, -0.2) is 4.39 Å². The molecule has 0 fully saturated rings. The molecule has 0 aliphatic heterocycles. The van der Waals surface area contributed by atoms with Crippen LogP contribution < -0.4 is 5.32 Å². The molecule has 0 aliphatic carbocycles. The summed E-state index contributed by atoms with van der Waals surface area (Å²) in [4.78, 5) is 0. The number of halogens is 4. The Hall–Kier alpha value is -1.10. The number of alkyl halides is 3. The standard InChI is InChI=1S/C13H17F4N/c1-4-18-11(7-13(15,16)17)10-5-8(2)12(14)9(3)6-10/h5-6,11,18H,4,7H2,1-3H3. The SMILES string of the molecule is CCNC(CC(F)(F)F)c1cc(C)c(F)c(C)c1. The first-order chi connectivity index (χ1) is 8.24. The fourth-order valence-corrected chi connectivity index (χ4v) is 1.97. The highest BCUT2D eigenvalue weighted by molar-refractivity contribution is 5.32. The molecule has 1 nitrogen and oxygen atoms in total. The van der Waals surface area contributed by atoms with Gasteiger partial charge in [-0.1, -0.05) is 19.1 Å². The van der Waals surface area contributed by atoms with Crippen LogP contribution >= 0.6 is 0 Å². The Morgan fingerprint density at radius 2 is 1.67 bits per heavy atom. The van der Waals surface area contributed by atoms with Gasteiger partial charge in [0.1, 0.15) is 5.82 Å². The molecule has 18 heavy (non-hydrogen) atoms. The van der Waals surface area contributed by atoms with Crippen molar-refractivity contribution < 1.29 is 17.6 Å². The first-order valence-corrected chi connectivity index (χ1v) is 5.81. The number of rotatable bonds is 4. The first-order valence-electron chi connectivity index (χ1n) is 5.81. The van der Waals surface area contributed by atoms with Crippen LogP contribution in [0, 0.1) is 19.7 Å². The fourth-order valence-electron chi connectivity index (χ4n) is 1.97. The maximum Gasteiger partial charge on any atom is 0.390 e. The van der Waals surface area contributed by atoms with E-state index in [9.17, 15) is 17.6 Å². The van der Waals surface area contributed by atoms with Gasteiger partial charge >= 0.3 is 6.18 Å². The Morgan fingerprint density at radius 3 is 2.06 bits per heavy atom. The molecule has 0 bridgehead atoms. The van der Waals surface area contributed by atoms with Crippen molar-refractivity contribution in [3.05, 3.63) is 34.6 Å². The Balaban J connectivity index is 3.06. The summed E-state index contributed by atoms with van der Waals surface area (Å²) in [5.74, 6) is -0.360. The van der Waals surface area contributed by atoms with E-state index in [4.69, 9.17) is 0 Å². The molecule has 0 aromatic heterocycles. The molecule has 1 rings (SSSR count). The molecule has 1 unspecified atom stereocenters. The van der Waals surface area contributed by atoms with Crippen molar-refractivity contribution in [2.75, 3.05) is 6.54 Å². The third-order valence-corrected chi connectivity index (χ3v) is 2.75. The molecule has 0 radical (unpaired) electrons. The third-order valence-electron chi connectivity index (χ3n) is 2.75. The van der Waals surface area contributed by atoms with Gasteiger partial charge in [0.15, 0.2) is 0 Å². The Labute approximate surface area is 104 Å². The van der Waals surface area contributed by atoms with E-state index >= 15 is 0 Å². The van der Waals surface area contributed by atoms with Gasteiger partial charge in [-0.05, 0) is 37.1 Å². The zero-order chi connectivity index (χ0) is 13.9. The highest BCUT2D eigenvalue weighted by Crippen LogP contribution is 2.30. The second-order valence-electron chi connectivity index (χ2n) is 4.40. The van der Waals surface area contributed by atoms with Crippen molar-refractivity contribution in [3.8, 4) is 0 Å². The van der Waals surface area contributed by atoms with Crippen molar-refractivity contribution >= 4 is 0 Å². The van der Waals surface area contributed by atoms with Crippen LogP contribution in [0.2, 0.25) is 0 Å². The summed E-state index contributed by atoms with van der Waals surface area (Å²) < 4.78 is 50.9. The molecular formula is C13H17F4N. The highest BCUT2D eigenvalue weighted by atomic mass is 19.4. The van der Waals surface area contributed by atoms with Crippen molar-refractivity contribution in [3.63, 3.8) is 0 Å². The van der Waals surface area contributed by atoms with Gasteiger partial charge < -0.3 is 5.32 Å². The monoisotopic (exact) mass is 263 g/mol. The zero-order valence-corrected chi connectivity index (χ0v) is 10.7. The molecule has 0 saturated heterocycles. The topological polar surface area (TPSA) is 12.0 Å². The molecule has 0 heterocycles. The second kappa shape index (κ2) is 5.69. The van der Waals surface area contributed by atoms with E-state index in [2.05, 4.69) is 5.32 Å². The lowest BCUT2D eigenvalue weighted by Gasteiger charge is -2.21. The van der Waals surface area contributed by atoms with Crippen molar-refractivity contribution in [2.24, 2.45) is 0 Å². The van der Waals surface area contributed by atoms with Gasteiger partial charge in [0.25, 0.3) is 0 Å². The normalized spacial score (nSPS) is 13.7. The van der Waals surface area contributed by atoms with Gasteiger partial charge in [-0.2, -0.15) is 13.2 Å². The molecule has 1 N–H and O–H groups in total. The van der Waals surface area contributed by atoms with E-state index < -0.39 is 18.6 Å². The summed E-state index contributed by atoms with van der Waals surface area (Å²) in [5.41, 5.74) is 1.22. The Bertz CT molecular complexity index is 389. The average Bonchev–Trinajstić information content (AvgIpc) is 2.23. The summed E-state index contributed by atoms with van der Waals surface area (Å²) in [6.45, 7) is 5.29. The van der Waals surface area contributed by atoms with Crippen LogP contribution in [0.3, 0.4) is 0 Å². The summed E-state index contributed by atoms with van der Waals surface area (Å²) in [5, 5.41) is 2.79. The van der Waals surface area contributed by atoms with Crippen LogP contribution in [0.4, 0.5) is 17.6 Å². The van der Waals surface area contributed by atoms with Crippen LogP contribution in [-0.4, -0.2) is 12.7 Å². The maximum atomic E-state index is 13.5. The summed E-state index contributed by atoms with van der Waals surface area (Å²) in [7, 11) is 0. The zero-order valence-electron chi connectivity index (χ0n) is 10.7. The van der Waals surface area contributed by atoms with E-state index in [-0.39, 0.29) is 5.82 Å². The molecule has 0 amide bonds. The summed E-state index contributed by atoms with van der Waals surface area (Å²) in [6, 6.07) is 2.12. The molecule has 1 aromatic rings. The van der Waals surface area contributed by atoms with Gasteiger partial charge in [0.05, 0.1) is 6.42 Å². The van der Waals surface area contributed by atoms with E-state index in [0.29, 0.717) is 23.2 Å². The second-order valence-corrected chi connectivity index (χ2v) is 4.40. The van der Waals surface area contributed by atoms with Crippen molar-refractivity contribution in [2.45, 2.75) is 39.4 Å². The van der Waals surface area contributed by atoms with Crippen LogP contribution in [0.25, 0.3) is 0 Å². The quantitative estimate of drug-likeness (QED) is 0.808. The van der Waals surface area contributed by atoms with E-state index in [1.165, 1.54) is 12.1 Å². The minimum atomic E-state index is -4.25. The molecule has 0 spiro atoms. The molecule has 1 atom stereocenters. The van der Waals surface area contributed by atoms with E-state index in [1.807, 2.05) is 0 Å². The van der Waals surface area contributed by atoms with Crippen LogP contribution in [0.15, 0.2) is 12.1 Å². The lowest BCUT2D eigenvalue weighted by atomic mass is 9.98. The lowest BCUT2D eigenvalue weighted by molar-refractivity contribution is -0.140. The van der Waals surface area contributed by atoms with Gasteiger partial charge in [0, 0.05) is 6.04 Å². The lowest BCUT2D eigenvalue weighted by Crippen LogP contribution is -2.26. The molecule has 1 aromatic carbocycles. The van der Waals surface area contributed by atoms with E-state index in [1.54, 1.807) is 20.8 Å². The van der Waals surface area contributed by atoms with Gasteiger partial charge in [-0.15, -0.1) is 0 Å². The van der Waals surface area contributed by atoms with Crippen molar-refractivity contribution in [1.29, 1.82) is 0 Å². The third kappa shape index (κ3) is 3.98. The Morgan fingerprint density at radius 1 is 1.17 bits per heavy atom. The van der Waals surface area contributed by atoms with Gasteiger partial charge in [0.2, 0.25) is 0 Å². The largest absolute Gasteiger partial charge is 0.390 e. The average molecular weight is 263 g/mol. The van der Waals surface area contributed by atoms with Crippen LogP contribution in [-0.2, 0) is 0 Å². The number of nitrogens with one attached hydrogen (secondary N) is 1. The molecule has 5 heteroatoms. The van der Waals surface area contributed by atoms with E-state index in [0.717, 1.165) is 0 Å². The predicted octanol–water partition coefficient (Wildman–Crippen LogP) is 4.05. The summed E-state index contributed by atoms with van der Waals surface area (Å²) in [6.07, 6.45) is -5.20. The minimum absolute atomic E-state index is 0.360. The highest BCUT2D eigenvalue weighted by Gasteiger charge is 2.32. The molecule has 0 saturated carbocycles. The first kappa shape index (κ1) is 15.0.